The van der Waals surface area contributed by atoms with E-state index in [1.807, 2.05) is 17.5 Å². The molecule has 0 aliphatic heterocycles. The Balaban J connectivity index is 1.94. The van der Waals surface area contributed by atoms with Gasteiger partial charge in [-0.25, -0.2) is 8.78 Å². The van der Waals surface area contributed by atoms with E-state index in [0.29, 0.717) is 35.2 Å². The molecule has 3 nitrogen and oxygen atoms in total. The number of benzene rings is 1. The van der Waals surface area contributed by atoms with Crippen LogP contribution in [0.1, 0.15) is 25.3 Å². The van der Waals surface area contributed by atoms with E-state index in [-0.39, 0.29) is 22.0 Å². The lowest BCUT2D eigenvalue weighted by Gasteiger charge is -2.07. The zero-order valence-electron chi connectivity index (χ0n) is 14.7. The third kappa shape index (κ3) is 4.31. The first-order valence-corrected chi connectivity index (χ1v) is 9.77. The molecule has 3 rings (SSSR count). The zero-order valence-corrected chi connectivity index (χ0v) is 16.3. The standard InChI is InChI=1S/C20H18F2N2OS2/c1-2-14(21)7-5-3-4-6-13-12-27-18-17(13)19(25)24(20(26)23-18)16-10-8-15(22)9-11-16/h2-4,8-12H,5-7H2,1H3,(H,23,26)/b4-3-,14-2+. The number of nitrogens with zero attached hydrogens (tertiary/aromatic N) is 1. The fourth-order valence-electron chi connectivity index (χ4n) is 2.75. The number of thiophene rings is 1. The van der Waals surface area contributed by atoms with Gasteiger partial charge >= 0.3 is 0 Å². The molecule has 0 amide bonds. The summed E-state index contributed by atoms with van der Waals surface area (Å²) in [7, 11) is 0. The number of nitrogens with one attached hydrogen (secondary N) is 1. The van der Waals surface area contributed by atoms with Gasteiger partial charge in [-0.15, -0.1) is 11.3 Å². The van der Waals surface area contributed by atoms with Crippen molar-refractivity contribution in [2.75, 3.05) is 0 Å². The molecule has 7 heteroatoms. The van der Waals surface area contributed by atoms with Crippen molar-refractivity contribution in [2.45, 2.75) is 26.2 Å². The van der Waals surface area contributed by atoms with Crippen LogP contribution in [-0.2, 0) is 6.42 Å². The largest absolute Gasteiger partial charge is 0.323 e. The highest BCUT2D eigenvalue weighted by Crippen LogP contribution is 2.23. The first-order chi connectivity index (χ1) is 13.0. The minimum atomic E-state index is -0.376. The maximum Gasteiger partial charge on any atom is 0.267 e. The minimum Gasteiger partial charge on any atom is -0.323 e. The summed E-state index contributed by atoms with van der Waals surface area (Å²) in [6.45, 7) is 1.67. The molecule has 27 heavy (non-hydrogen) atoms. The Morgan fingerprint density at radius 2 is 2.04 bits per heavy atom. The summed E-state index contributed by atoms with van der Waals surface area (Å²) in [5, 5.41) is 2.49. The van der Waals surface area contributed by atoms with Crippen LogP contribution in [0.4, 0.5) is 8.78 Å². The molecule has 3 aromatic rings. The molecular weight excluding hydrogens is 386 g/mol. The van der Waals surface area contributed by atoms with Crippen LogP contribution in [0.5, 0.6) is 0 Å². The van der Waals surface area contributed by atoms with Gasteiger partial charge in [0.05, 0.1) is 16.9 Å². The van der Waals surface area contributed by atoms with Gasteiger partial charge in [-0.2, -0.15) is 0 Å². The molecule has 0 radical (unpaired) electrons. The average Bonchev–Trinajstić information content (AvgIpc) is 3.05. The van der Waals surface area contributed by atoms with Crippen molar-refractivity contribution in [3.63, 3.8) is 0 Å². The van der Waals surface area contributed by atoms with Gasteiger partial charge in [0.1, 0.15) is 10.6 Å². The van der Waals surface area contributed by atoms with Crippen molar-refractivity contribution in [1.29, 1.82) is 0 Å². The summed E-state index contributed by atoms with van der Waals surface area (Å²) >= 11 is 6.74. The van der Waals surface area contributed by atoms with Gasteiger partial charge in [-0.05, 0) is 67.2 Å². The van der Waals surface area contributed by atoms with Crippen LogP contribution in [0.3, 0.4) is 0 Å². The summed E-state index contributed by atoms with van der Waals surface area (Å²) in [6.07, 6.45) is 6.87. The van der Waals surface area contributed by atoms with Crippen molar-refractivity contribution in [2.24, 2.45) is 0 Å². The summed E-state index contributed by atoms with van der Waals surface area (Å²) in [4.78, 5) is 16.8. The van der Waals surface area contributed by atoms with E-state index in [1.54, 1.807) is 6.92 Å². The number of halogens is 2. The number of allylic oxidation sites excluding steroid dienone is 4. The van der Waals surface area contributed by atoms with Gasteiger partial charge in [0.25, 0.3) is 5.56 Å². The fourth-order valence-corrected chi connectivity index (χ4v) is 4.07. The first kappa shape index (κ1) is 19.4. The molecule has 1 aromatic carbocycles. The molecule has 0 saturated heterocycles. The third-order valence-electron chi connectivity index (χ3n) is 4.16. The van der Waals surface area contributed by atoms with Gasteiger partial charge < -0.3 is 4.98 Å². The van der Waals surface area contributed by atoms with Crippen LogP contribution < -0.4 is 5.56 Å². The number of fused-ring (bicyclic) bond motifs is 1. The molecule has 0 unspecified atom stereocenters. The number of aromatic nitrogens is 2. The monoisotopic (exact) mass is 404 g/mol. The topological polar surface area (TPSA) is 37.8 Å². The molecule has 0 saturated carbocycles. The van der Waals surface area contributed by atoms with Crippen molar-refractivity contribution in [1.82, 2.24) is 9.55 Å². The number of hydrogen-bond acceptors (Lipinski definition) is 3. The van der Waals surface area contributed by atoms with E-state index in [4.69, 9.17) is 12.2 Å². The van der Waals surface area contributed by atoms with Gasteiger partial charge in [0.15, 0.2) is 4.77 Å². The predicted octanol–water partition coefficient (Wildman–Crippen LogP) is 6.00. The van der Waals surface area contributed by atoms with Crippen molar-refractivity contribution in [3.8, 4) is 5.69 Å². The maximum absolute atomic E-state index is 13.2. The van der Waals surface area contributed by atoms with E-state index in [9.17, 15) is 13.6 Å². The molecular formula is C20H18F2N2OS2. The predicted molar refractivity (Wildman–Crippen MR) is 110 cm³/mol. The lowest BCUT2D eigenvalue weighted by atomic mass is 10.1. The second-order valence-corrected chi connectivity index (χ2v) is 7.23. The summed E-state index contributed by atoms with van der Waals surface area (Å²) < 4.78 is 27.9. The lowest BCUT2D eigenvalue weighted by molar-refractivity contribution is 0.590. The number of hydrogen-bond donors (Lipinski definition) is 1. The average molecular weight is 405 g/mol. The SMILES string of the molecule is C/C=C(/F)CC/C=C\Cc1csc2[nH]c(=S)n(-c3ccc(F)cc3)c(=O)c12. The minimum absolute atomic E-state index is 0.129. The Bertz CT molecular complexity index is 1120. The van der Waals surface area contributed by atoms with Gasteiger partial charge in [-0.1, -0.05) is 18.2 Å². The zero-order chi connectivity index (χ0) is 19.4. The second kappa shape index (κ2) is 8.54. The maximum atomic E-state index is 13.2. The smallest absolute Gasteiger partial charge is 0.267 e. The van der Waals surface area contributed by atoms with E-state index in [0.717, 1.165) is 5.56 Å². The van der Waals surface area contributed by atoms with Crippen molar-refractivity contribution >= 4 is 33.8 Å². The number of rotatable bonds is 6. The normalized spacial score (nSPS) is 12.3. The number of aromatic amines is 1. The Morgan fingerprint density at radius 3 is 2.74 bits per heavy atom. The second-order valence-electron chi connectivity index (χ2n) is 5.96. The van der Waals surface area contributed by atoms with E-state index in [2.05, 4.69) is 4.98 Å². The molecule has 0 spiro atoms. The Hall–Kier alpha value is -2.38. The van der Waals surface area contributed by atoms with Gasteiger partial charge in [0.2, 0.25) is 0 Å². The van der Waals surface area contributed by atoms with Crippen molar-refractivity contribution < 1.29 is 8.78 Å². The Morgan fingerprint density at radius 1 is 1.30 bits per heavy atom. The summed E-state index contributed by atoms with van der Waals surface area (Å²) in [5.41, 5.74) is 1.16. The highest BCUT2D eigenvalue weighted by Gasteiger charge is 2.13. The van der Waals surface area contributed by atoms with E-state index in [1.165, 1.54) is 46.2 Å². The number of H-pyrrole nitrogens is 1. The molecule has 140 valence electrons. The summed E-state index contributed by atoms with van der Waals surface area (Å²) in [5.74, 6) is -0.506. The molecule has 0 fully saturated rings. The van der Waals surface area contributed by atoms with E-state index >= 15 is 0 Å². The van der Waals surface area contributed by atoms with Crippen molar-refractivity contribution in [3.05, 3.63) is 80.2 Å². The van der Waals surface area contributed by atoms with Crippen LogP contribution in [0, 0.1) is 10.6 Å². The highest BCUT2D eigenvalue weighted by molar-refractivity contribution is 7.71. The van der Waals surface area contributed by atoms with Gasteiger partial charge in [-0.3, -0.25) is 9.36 Å². The molecule has 2 heterocycles. The fraction of sp³-hybridized carbons (Fsp3) is 0.200. The molecule has 2 aromatic heterocycles. The van der Waals surface area contributed by atoms with Crippen LogP contribution in [0.15, 0.2) is 58.5 Å². The van der Waals surface area contributed by atoms with E-state index < -0.39 is 0 Å². The van der Waals surface area contributed by atoms with Crippen LogP contribution in [-0.4, -0.2) is 9.55 Å². The third-order valence-corrected chi connectivity index (χ3v) is 5.39. The van der Waals surface area contributed by atoms with Crippen LogP contribution >= 0.6 is 23.6 Å². The molecule has 1 N–H and O–H groups in total. The quantitative estimate of drug-likeness (QED) is 0.404. The highest BCUT2D eigenvalue weighted by atomic mass is 32.1. The molecule has 0 bridgehead atoms. The Kier molecular flexibility index (Phi) is 6.13. The van der Waals surface area contributed by atoms with Crippen LogP contribution in [0.2, 0.25) is 0 Å². The Labute approximate surface area is 164 Å². The van der Waals surface area contributed by atoms with Gasteiger partial charge in [0, 0.05) is 6.42 Å². The van der Waals surface area contributed by atoms with Crippen LogP contribution in [0.25, 0.3) is 15.9 Å². The molecule has 0 aliphatic rings. The summed E-state index contributed by atoms with van der Waals surface area (Å²) in [6, 6.07) is 5.63. The molecule has 0 atom stereocenters. The lowest BCUT2D eigenvalue weighted by Crippen LogP contribution is -2.20. The molecule has 0 aliphatic carbocycles. The first-order valence-electron chi connectivity index (χ1n) is 8.48.